The molecule has 0 aliphatic carbocycles. The van der Waals surface area contributed by atoms with Crippen LogP contribution in [0.5, 0.6) is 0 Å². The number of rotatable bonds is 5. The molecule has 0 spiro atoms. The van der Waals surface area contributed by atoms with E-state index < -0.39 is 0 Å². The first-order chi connectivity index (χ1) is 27.3. The van der Waals surface area contributed by atoms with E-state index in [1.807, 2.05) is 12.3 Å². The Balaban J connectivity index is 1.10. The van der Waals surface area contributed by atoms with Gasteiger partial charge < -0.3 is 0 Å². The van der Waals surface area contributed by atoms with E-state index in [2.05, 4.69) is 193 Å². The van der Waals surface area contributed by atoms with Crippen molar-refractivity contribution in [2.75, 3.05) is 0 Å². The molecule has 0 atom stereocenters. The number of para-hydroxylation sites is 2. The summed E-state index contributed by atoms with van der Waals surface area (Å²) in [5, 5.41) is 9.71. The van der Waals surface area contributed by atoms with E-state index in [1.54, 1.807) is 0 Å². The highest BCUT2D eigenvalue weighted by atomic mass is 15.1. The third-order valence-corrected chi connectivity index (χ3v) is 11.0. The highest BCUT2D eigenvalue weighted by Crippen LogP contribution is 2.45. The molecule has 0 aliphatic heterocycles. The normalized spacial score (nSPS) is 11.6. The van der Waals surface area contributed by atoms with Crippen molar-refractivity contribution >= 4 is 54.1 Å². The Morgan fingerprint density at radius 2 is 0.927 bits per heavy atom. The van der Waals surface area contributed by atoms with Crippen molar-refractivity contribution in [3.63, 3.8) is 0 Å². The van der Waals surface area contributed by atoms with E-state index in [0.29, 0.717) is 0 Å². The fourth-order valence-corrected chi connectivity index (χ4v) is 8.41. The Bertz CT molecular complexity index is 3230. The minimum absolute atomic E-state index is 0.826. The molecule has 11 rings (SSSR count). The van der Waals surface area contributed by atoms with Crippen molar-refractivity contribution in [3.8, 4) is 50.6 Å². The fourth-order valence-electron chi connectivity index (χ4n) is 8.41. The second-order valence-electron chi connectivity index (χ2n) is 14.2. The number of hydrogen-bond acceptors (Lipinski definition) is 2. The molecular formula is C52H33N3. The number of benzene rings is 9. The molecular weight excluding hydrogens is 667 g/mol. The number of hydrogen-bond donors (Lipinski definition) is 0. The Morgan fingerprint density at radius 1 is 0.345 bits per heavy atom. The van der Waals surface area contributed by atoms with Crippen molar-refractivity contribution < 1.29 is 0 Å². The summed E-state index contributed by atoms with van der Waals surface area (Å²) in [6.07, 6.45) is 2.04. The fraction of sp³-hybridized carbons (Fsp3) is 0. The first kappa shape index (κ1) is 31.2. The molecule has 2 heterocycles. The summed E-state index contributed by atoms with van der Waals surface area (Å²) < 4.78 is 2.20. The van der Waals surface area contributed by atoms with Gasteiger partial charge in [0, 0.05) is 17.3 Å². The minimum atomic E-state index is 0.826. The maximum atomic E-state index is 5.22. The molecule has 0 bridgehead atoms. The Hall–Kier alpha value is -7.36. The summed E-state index contributed by atoms with van der Waals surface area (Å²) in [5.41, 5.74) is 10.1. The van der Waals surface area contributed by atoms with Crippen LogP contribution >= 0.6 is 0 Å². The van der Waals surface area contributed by atoms with Crippen LogP contribution in [0.3, 0.4) is 0 Å². The average molecular weight is 700 g/mol. The number of pyridine rings is 1. The van der Waals surface area contributed by atoms with E-state index in [0.717, 1.165) is 33.8 Å². The average Bonchev–Trinajstić information content (AvgIpc) is 3.65. The lowest BCUT2D eigenvalue weighted by atomic mass is 9.85. The first-order valence-corrected chi connectivity index (χ1v) is 18.7. The van der Waals surface area contributed by atoms with Gasteiger partial charge in [-0.25, -0.2) is 9.97 Å². The molecule has 0 N–H and O–H groups in total. The molecule has 0 radical (unpaired) electrons. The van der Waals surface area contributed by atoms with Gasteiger partial charge in [-0.05, 0) is 119 Å². The van der Waals surface area contributed by atoms with Crippen LogP contribution in [0.15, 0.2) is 200 Å². The summed E-state index contributed by atoms with van der Waals surface area (Å²) in [5.74, 6) is 1.69. The van der Waals surface area contributed by atoms with E-state index in [-0.39, 0.29) is 0 Å². The molecule has 3 nitrogen and oxygen atoms in total. The molecule has 0 saturated carbocycles. The summed E-state index contributed by atoms with van der Waals surface area (Å²) >= 11 is 0. The third-order valence-electron chi connectivity index (χ3n) is 11.0. The summed E-state index contributed by atoms with van der Waals surface area (Å²) in [6, 6.07) is 69.5. The largest absolute Gasteiger partial charge is 0.276 e. The summed E-state index contributed by atoms with van der Waals surface area (Å²) in [6.45, 7) is 0. The molecule has 256 valence electrons. The molecule has 0 aliphatic rings. The van der Waals surface area contributed by atoms with Gasteiger partial charge in [0.15, 0.2) is 0 Å². The minimum Gasteiger partial charge on any atom is -0.276 e. The van der Waals surface area contributed by atoms with Gasteiger partial charge in [0.1, 0.15) is 11.6 Å². The zero-order valence-electron chi connectivity index (χ0n) is 29.9. The van der Waals surface area contributed by atoms with Crippen LogP contribution < -0.4 is 0 Å². The van der Waals surface area contributed by atoms with Gasteiger partial charge in [-0.1, -0.05) is 146 Å². The van der Waals surface area contributed by atoms with Gasteiger partial charge in [0.2, 0.25) is 0 Å². The smallest absolute Gasteiger partial charge is 0.146 e. The molecule has 2 aromatic heterocycles. The van der Waals surface area contributed by atoms with Gasteiger partial charge in [0.05, 0.1) is 11.0 Å². The molecule has 55 heavy (non-hydrogen) atoms. The van der Waals surface area contributed by atoms with Crippen molar-refractivity contribution in [1.29, 1.82) is 0 Å². The van der Waals surface area contributed by atoms with E-state index >= 15 is 0 Å². The van der Waals surface area contributed by atoms with Crippen LogP contribution in [0.4, 0.5) is 0 Å². The second kappa shape index (κ2) is 12.6. The Labute approximate surface area is 318 Å². The molecule has 9 aromatic carbocycles. The predicted molar refractivity (Wildman–Crippen MR) is 231 cm³/mol. The third kappa shape index (κ3) is 5.20. The lowest BCUT2D eigenvalue weighted by molar-refractivity contribution is 1.03. The number of aromatic nitrogens is 3. The molecule has 0 amide bonds. The molecule has 0 fully saturated rings. The van der Waals surface area contributed by atoms with E-state index in [1.165, 1.54) is 70.9 Å². The second-order valence-corrected chi connectivity index (χ2v) is 14.2. The van der Waals surface area contributed by atoms with Gasteiger partial charge in [-0.3, -0.25) is 4.57 Å². The van der Waals surface area contributed by atoms with Crippen LogP contribution in [0.25, 0.3) is 105 Å². The first-order valence-electron chi connectivity index (χ1n) is 18.7. The van der Waals surface area contributed by atoms with Gasteiger partial charge in [-0.2, -0.15) is 0 Å². The number of imidazole rings is 1. The standard InChI is InChI=1S/C52H33N3/c1-3-13-34(14-4-1)39-25-27-45-46(32-39)50(35-15-5-2-6-16-35)43-19-9-10-20-44(43)51(45)41-26-28-49(53-33-41)55-48-22-12-11-21-47(48)54-52(55)40-24-23-38-29-36-17-7-8-18-37(36)30-42(38)31-40/h1-33H. The Morgan fingerprint density at radius 3 is 1.67 bits per heavy atom. The van der Waals surface area contributed by atoms with Crippen LogP contribution in [-0.4, -0.2) is 14.5 Å². The van der Waals surface area contributed by atoms with Crippen LogP contribution in [0.2, 0.25) is 0 Å². The maximum absolute atomic E-state index is 5.22. The van der Waals surface area contributed by atoms with Crippen LogP contribution in [0, 0.1) is 0 Å². The molecule has 3 heteroatoms. The van der Waals surface area contributed by atoms with Crippen molar-refractivity contribution in [1.82, 2.24) is 14.5 Å². The van der Waals surface area contributed by atoms with Crippen molar-refractivity contribution in [3.05, 3.63) is 200 Å². The van der Waals surface area contributed by atoms with Gasteiger partial charge >= 0.3 is 0 Å². The number of nitrogens with zero attached hydrogens (tertiary/aromatic N) is 3. The number of fused-ring (bicyclic) bond motifs is 5. The zero-order chi connectivity index (χ0) is 36.3. The SMILES string of the molecule is c1ccc(-c2ccc3c(-c4ccc(-n5c(-c6ccc7cc8ccccc8cc7c6)nc6ccccc65)nc4)c4ccccc4c(-c4ccccc4)c3c2)cc1. The summed E-state index contributed by atoms with van der Waals surface area (Å²) in [7, 11) is 0. The quantitative estimate of drug-likeness (QED) is 0.167. The van der Waals surface area contributed by atoms with Crippen molar-refractivity contribution in [2.45, 2.75) is 0 Å². The monoisotopic (exact) mass is 699 g/mol. The molecule has 0 saturated heterocycles. The highest BCUT2D eigenvalue weighted by molar-refractivity contribution is 6.22. The van der Waals surface area contributed by atoms with Crippen LogP contribution in [-0.2, 0) is 0 Å². The molecule has 11 aromatic rings. The lowest BCUT2D eigenvalue weighted by Crippen LogP contribution is -2.00. The zero-order valence-corrected chi connectivity index (χ0v) is 29.9. The van der Waals surface area contributed by atoms with Gasteiger partial charge in [0.25, 0.3) is 0 Å². The topological polar surface area (TPSA) is 30.7 Å². The van der Waals surface area contributed by atoms with Gasteiger partial charge in [-0.15, -0.1) is 0 Å². The molecule has 0 unspecified atom stereocenters. The van der Waals surface area contributed by atoms with E-state index in [4.69, 9.17) is 9.97 Å². The predicted octanol–water partition coefficient (Wildman–Crippen LogP) is 13.7. The highest BCUT2D eigenvalue weighted by Gasteiger charge is 2.20. The van der Waals surface area contributed by atoms with Crippen molar-refractivity contribution in [2.24, 2.45) is 0 Å². The Kier molecular flexibility index (Phi) is 7.17. The van der Waals surface area contributed by atoms with Crippen LogP contribution in [0.1, 0.15) is 0 Å². The summed E-state index contributed by atoms with van der Waals surface area (Å²) in [4.78, 5) is 10.4. The van der Waals surface area contributed by atoms with E-state index in [9.17, 15) is 0 Å². The maximum Gasteiger partial charge on any atom is 0.146 e. The lowest BCUT2D eigenvalue weighted by Gasteiger charge is -2.19.